The van der Waals surface area contributed by atoms with Crippen molar-refractivity contribution in [2.24, 2.45) is 0 Å². The first kappa shape index (κ1) is 15.2. The lowest BCUT2D eigenvalue weighted by Crippen LogP contribution is -2.24. The van der Waals surface area contributed by atoms with Gasteiger partial charge in [-0.1, -0.05) is 37.3 Å². The maximum atomic E-state index is 13.1. The molecule has 0 spiro atoms. The van der Waals surface area contributed by atoms with E-state index < -0.39 is 0 Å². The van der Waals surface area contributed by atoms with Crippen molar-refractivity contribution in [2.75, 3.05) is 0 Å². The molecular formula is C19H18N2O2. The molecule has 0 amide bonds. The van der Waals surface area contributed by atoms with Crippen molar-refractivity contribution < 1.29 is 4.79 Å². The van der Waals surface area contributed by atoms with E-state index in [4.69, 9.17) is 0 Å². The second-order valence-corrected chi connectivity index (χ2v) is 5.37. The van der Waals surface area contributed by atoms with Gasteiger partial charge in [0, 0.05) is 12.8 Å². The minimum atomic E-state index is -0.0699. The fourth-order valence-corrected chi connectivity index (χ4v) is 2.85. The molecule has 116 valence electrons. The van der Waals surface area contributed by atoms with E-state index in [1.807, 2.05) is 55.5 Å². The van der Waals surface area contributed by atoms with Gasteiger partial charge in [0.2, 0.25) is 0 Å². The largest absolute Gasteiger partial charge is 0.303 e. The molecule has 0 aliphatic rings. The standard InChI is InChI=1S/C19H18N2O2/c1-2-17-20-16-12-6-8-14(9-7-13-22)18(16)19(23)21(17)15-10-4-3-5-11-15/h3-6,8,10-13H,2,7,9H2,1H3. The molecule has 0 saturated carbocycles. The quantitative estimate of drug-likeness (QED) is 0.681. The zero-order valence-electron chi connectivity index (χ0n) is 13.0. The van der Waals surface area contributed by atoms with Crippen LogP contribution in [0.1, 0.15) is 24.7 Å². The average Bonchev–Trinajstić information content (AvgIpc) is 2.60. The molecule has 0 N–H and O–H groups in total. The molecule has 0 saturated heterocycles. The highest BCUT2D eigenvalue weighted by Crippen LogP contribution is 2.18. The van der Waals surface area contributed by atoms with Crippen LogP contribution in [0.3, 0.4) is 0 Å². The summed E-state index contributed by atoms with van der Waals surface area (Å²) in [4.78, 5) is 28.5. The Morgan fingerprint density at radius 2 is 1.87 bits per heavy atom. The summed E-state index contributed by atoms with van der Waals surface area (Å²) < 4.78 is 1.67. The van der Waals surface area contributed by atoms with Crippen LogP contribution in [0.25, 0.3) is 16.6 Å². The molecule has 0 unspecified atom stereocenters. The number of aldehydes is 1. The van der Waals surface area contributed by atoms with E-state index in [1.165, 1.54) is 0 Å². The summed E-state index contributed by atoms with van der Waals surface area (Å²) in [6, 6.07) is 15.2. The van der Waals surface area contributed by atoms with Gasteiger partial charge in [0.15, 0.2) is 0 Å². The predicted molar refractivity (Wildman–Crippen MR) is 91.1 cm³/mol. The summed E-state index contributed by atoms with van der Waals surface area (Å²) in [5.74, 6) is 0.737. The number of hydrogen-bond donors (Lipinski definition) is 0. The van der Waals surface area contributed by atoms with Crippen LogP contribution in [-0.2, 0) is 17.6 Å². The lowest BCUT2D eigenvalue weighted by molar-refractivity contribution is -0.107. The number of carbonyl (C=O) groups is 1. The molecule has 23 heavy (non-hydrogen) atoms. The van der Waals surface area contributed by atoms with Crippen molar-refractivity contribution in [2.45, 2.75) is 26.2 Å². The number of rotatable bonds is 5. The molecule has 3 rings (SSSR count). The minimum Gasteiger partial charge on any atom is -0.303 e. The number of aryl methyl sites for hydroxylation is 2. The van der Waals surface area contributed by atoms with Gasteiger partial charge in [-0.25, -0.2) is 4.98 Å². The Hall–Kier alpha value is -2.75. The van der Waals surface area contributed by atoms with Crippen LogP contribution in [0.5, 0.6) is 0 Å². The Balaban J connectivity index is 2.33. The van der Waals surface area contributed by atoms with Gasteiger partial charge in [0.25, 0.3) is 5.56 Å². The first-order valence-corrected chi connectivity index (χ1v) is 7.79. The Morgan fingerprint density at radius 3 is 2.57 bits per heavy atom. The SMILES string of the molecule is CCc1nc2cccc(CCC=O)c2c(=O)n1-c1ccccc1. The molecule has 1 aromatic heterocycles. The summed E-state index contributed by atoms with van der Waals surface area (Å²) in [6.45, 7) is 1.99. The lowest BCUT2D eigenvalue weighted by atomic mass is 10.0. The minimum absolute atomic E-state index is 0.0699. The summed E-state index contributed by atoms with van der Waals surface area (Å²) in [6.07, 6.45) is 2.50. The van der Waals surface area contributed by atoms with E-state index in [1.54, 1.807) is 4.57 Å². The van der Waals surface area contributed by atoms with E-state index in [0.717, 1.165) is 23.4 Å². The van der Waals surface area contributed by atoms with E-state index >= 15 is 0 Å². The number of nitrogens with zero attached hydrogens (tertiary/aromatic N) is 2. The second-order valence-electron chi connectivity index (χ2n) is 5.37. The van der Waals surface area contributed by atoms with Crippen LogP contribution >= 0.6 is 0 Å². The molecule has 4 heteroatoms. The number of para-hydroxylation sites is 1. The number of fused-ring (bicyclic) bond motifs is 1. The van der Waals surface area contributed by atoms with Gasteiger partial charge < -0.3 is 4.79 Å². The highest BCUT2D eigenvalue weighted by molar-refractivity contribution is 5.82. The first-order valence-electron chi connectivity index (χ1n) is 7.79. The summed E-state index contributed by atoms with van der Waals surface area (Å²) >= 11 is 0. The Bertz CT molecular complexity index is 898. The molecule has 0 aliphatic carbocycles. The van der Waals surface area contributed by atoms with Gasteiger partial charge in [0.1, 0.15) is 12.1 Å². The van der Waals surface area contributed by atoms with Crippen LogP contribution in [0.15, 0.2) is 53.3 Å². The second kappa shape index (κ2) is 6.57. The third-order valence-corrected chi connectivity index (χ3v) is 3.92. The van der Waals surface area contributed by atoms with Crippen LogP contribution < -0.4 is 5.56 Å². The molecule has 0 atom stereocenters. The molecule has 2 aromatic carbocycles. The third-order valence-electron chi connectivity index (χ3n) is 3.92. The topological polar surface area (TPSA) is 52.0 Å². The Morgan fingerprint density at radius 1 is 1.09 bits per heavy atom. The number of aromatic nitrogens is 2. The van der Waals surface area contributed by atoms with Crippen LogP contribution in [-0.4, -0.2) is 15.8 Å². The summed E-state index contributed by atoms with van der Waals surface area (Å²) in [5, 5.41) is 0.607. The van der Waals surface area contributed by atoms with Crippen molar-refractivity contribution in [1.29, 1.82) is 0 Å². The van der Waals surface area contributed by atoms with E-state index in [2.05, 4.69) is 4.98 Å². The fourth-order valence-electron chi connectivity index (χ4n) is 2.85. The van der Waals surface area contributed by atoms with E-state index in [0.29, 0.717) is 30.2 Å². The summed E-state index contributed by atoms with van der Waals surface area (Å²) in [5.41, 5.74) is 2.32. The molecule has 0 fully saturated rings. The maximum Gasteiger partial charge on any atom is 0.266 e. The molecule has 0 bridgehead atoms. The normalized spacial score (nSPS) is 10.8. The van der Waals surface area contributed by atoms with Crippen LogP contribution in [0, 0.1) is 0 Å². The van der Waals surface area contributed by atoms with Crippen molar-refractivity contribution in [3.63, 3.8) is 0 Å². The number of hydrogen-bond acceptors (Lipinski definition) is 3. The van der Waals surface area contributed by atoms with E-state index in [9.17, 15) is 9.59 Å². The smallest absolute Gasteiger partial charge is 0.266 e. The number of benzene rings is 2. The average molecular weight is 306 g/mol. The predicted octanol–water partition coefficient (Wildman–Crippen LogP) is 3.08. The molecule has 3 aromatic rings. The van der Waals surface area contributed by atoms with Crippen molar-refractivity contribution >= 4 is 17.2 Å². The molecule has 4 nitrogen and oxygen atoms in total. The monoisotopic (exact) mass is 306 g/mol. The van der Waals surface area contributed by atoms with Crippen LogP contribution in [0.2, 0.25) is 0 Å². The maximum absolute atomic E-state index is 13.1. The van der Waals surface area contributed by atoms with Gasteiger partial charge in [-0.05, 0) is 30.2 Å². The molecule has 1 heterocycles. The zero-order valence-corrected chi connectivity index (χ0v) is 13.0. The third kappa shape index (κ3) is 2.80. The van der Waals surface area contributed by atoms with Crippen molar-refractivity contribution in [1.82, 2.24) is 9.55 Å². The van der Waals surface area contributed by atoms with E-state index in [-0.39, 0.29) is 5.56 Å². The van der Waals surface area contributed by atoms with Crippen molar-refractivity contribution in [3.8, 4) is 5.69 Å². The highest BCUT2D eigenvalue weighted by Gasteiger charge is 2.14. The van der Waals surface area contributed by atoms with Gasteiger partial charge in [0.05, 0.1) is 16.6 Å². The van der Waals surface area contributed by atoms with Crippen molar-refractivity contribution in [3.05, 3.63) is 70.3 Å². The Labute approximate surface area is 134 Å². The Kier molecular flexibility index (Phi) is 4.33. The first-order chi connectivity index (χ1) is 11.3. The fraction of sp³-hybridized carbons (Fsp3) is 0.211. The van der Waals surface area contributed by atoms with Gasteiger partial charge in [-0.15, -0.1) is 0 Å². The molecule has 0 aliphatic heterocycles. The zero-order chi connectivity index (χ0) is 16.2. The highest BCUT2D eigenvalue weighted by atomic mass is 16.1. The molecule has 0 radical (unpaired) electrons. The molecular weight excluding hydrogens is 288 g/mol. The summed E-state index contributed by atoms with van der Waals surface area (Å²) in [7, 11) is 0. The lowest BCUT2D eigenvalue weighted by Gasteiger charge is -2.14. The van der Waals surface area contributed by atoms with Crippen LogP contribution in [0.4, 0.5) is 0 Å². The number of carbonyl (C=O) groups excluding carboxylic acids is 1. The van der Waals surface area contributed by atoms with Gasteiger partial charge >= 0.3 is 0 Å². The van der Waals surface area contributed by atoms with Gasteiger partial charge in [-0.3, -0.25) is 9.36 Å². The van der Waals surface area contributed by atoms with Gasteiger partial charge in [-0.2, -0.15) is 0 Å².